The Hall–Kier alpha value is -0.620. The predicted molar refractivity (Wildman–Crippen MR) is 49.3 cm³/mol. The molecule has 1 aliphatic carbocycles. The van der Waals surface area contributed by atoms with Crippen LogP contribution in [0.4, 0.5) is 0 Å². The summed E-state index contributed by atoms with van der Waals surface area (Å²) in [6.45, 7) is 1.57. The first-order valence-corrected chi connectivity index (χ1v) is 6.16. The summed E-state index contributed by atoms with van der Waals surface area (Å²) in [5, 5.41) is 8.78. The minimum Gasteiger partial charge on any atom is -0.481 e. The van der Waals surface area contributed by atoms with Gasteiger partial charge < -0.3 is 5.11 Å². The Morgan fingerprint density at radius 1 is 1.57 bits per heavy atom. The highest BCUT2D eigenvalue weighted by atomic mass is 32.2. The third-order valence-corrected chi connectivity index (χ3v) is 3.29. The Kier molecular flexibility index (Phi) is 2.87. The number of carboxylic acid groups (broad SMARTS) is 1. The van der Waals surface area contributed by atoms with E-state index in [0.717, 1.165) is 19.1 Å². The largest absolute Gasteiger partial charge is 0.481 e. The lowest BCUT2D eigenvalue weighted by molar-refractivity contribution is -0.144. The van der Waals surface area contributed by atoms with Crippen LogP contribution in [0.25, 0.3) is 0 Å². The molecule has 1 atom stereocenters. The molecule has 82 valence electrons. The average molecular weight is 222 g/mol. The van der Waals surface area contributed by atoms with Crippen LogP contribution in [0, 0.1) is 11.3 Å². The summed E-state index contributed by atoms with van der Waals surface area (Å²) in [6.07, 6.45) is 2.40. The number of hydrogen-bond acceptors (Lipinski definition) is 4. The van der Waals surface area contributed by atoms with E-state index in [1.807, 2.05) is 0 Å². The molecular formula is C8H14O5S. The van der Waals surface area contributed by atoms with Gasteiger partial charge >= 0.3 is 5.97 Å². The van der Waals surface area contributed by atoms with Crippen molar-refractivity contribution < 1.29 is 22.5 Å². The molecule has 0 aromatic rings. The van der Waals surface area contributed by atoms with Crippen molar-refractivity contribution >= 4 is 16.1 Å². The maximum Gasteiger partial charge on any atom is 0.306 e. The van der Waals surface area contributed by atoms with Crippen LogP contribution in [0.1, 0.15) is 19.8 Å². The van der Waals surface area contributed by atoms with Crippen LogP contribution in [0.2, 0.25) is 0 Å². The number of rotatable bonds is 5. The highest BCUT2D eigenvalue weighted by Gasteiger charge is 2.51. The molecule has 0 saturated heterocycles. The van der Waals surface area contributed by atoms with Crippen molar-refractivity contribution in [1.29, 1.82) is 0 Å². The van der Waals surface area contributed by atoms with Crippen LogP contribution < -0.4 is 0 Å². The third-order valence-electron chi connectivity index (χ3n) is 2.74. The standard InChI is InChI=1S/C8H14O5S/c1-6(7(9)10)8(3-4-8)5-13-14(2,11)12/h6H,3-5H2,1-2H3,(H,9,10). The van der Waals surface area contributed by atoms with Gasteiger partial charge in [-0.2, -0.15) is 8.42 Å². The van der Waals surface area contributed by atoms with Gasteiger partial charge in [-0.15, -0.1) is 0 Å². The first-order chi connectivity index (χ1) is 6.27. The van der Waals surface area contributed by atoms with Gasteiger partial charge in [0.25, 0.3) is 10.1 Å². The van der Waals surface area contributed by atoms with Gasteiger partial charge in [-0.3, -0.25) is 8.98 Å². The number of carboxylic acids is 1. The second kappa shape index (κ2) is 3.51. The van der Waals surface area contributed by atoms with Crippen LogP contribution >= 0.6 is 0 Å². The molecule has 1 aliphatic rings. The Morgan fingerprint density at radius 2 is 2.07 bits per heavy atom. The second-order valence-corrected chi connectivity index (χ2v) is 5.53. The molecule has 0 aliphatic heterocycles. The molecule has 6 heteroatoms. The maximum atomic E-state index is 10.7. The topological polar surface area (TPSA) is 80.7 Å². The minimum atomic E-state index is -3.47. The quantitative estimate of drug-likeness (QED) is 0.683. The zero-order valence-electron chi connectivity index (χ0n) is 8.19. The third kappa shape index (κ3) is 2.68. The van der Waals surface area contributed by atoms with E-state index < -0.39 is 27.4 Å². The van der Waals surface area contributed by atoms with Crippen molar-refractivity contribution in [2.45, 2.75) is 19.8 Å². The normalized spacial score (nSPS) is 21.6. The Labute approximate surface area is 83.2 Å². The fourth-order valence-corrected chi connectivity index (χ4v) is 1.80. The summed E-state index contributed by atoms with van der Waals surface area (Å²) in [4.78, 5) is 10.7. The molecule has 1 saturated carbocycles. The minimum absolute atomic E-state index is 0.0146. The number of hydrogen-bond donors (Lipinski definition) is 1. The maximum absolute atomic E-state index is 10.7. The van der Waals surface area contributed by atoms with E-state index in [2.05, 4.69) is 4.18 Å². The highest BCUT2D eigenvalue weighted by Crippen LogP contribution is 2.52. The van der Waals surface area contributed by atoms with Crippen molar-refractivity contribution in [1.82, 2.24) is 0 Å². The molecular weight excluding hydrogens is 208 g/mol. The second-order valence-electron chi connectivity index (χ2n) is 3.89. The monoisotopic (exact) mass is 222 g/mol. The molecule has 0 amide bonds. The van der Waals surface area contributed by atoms with Crippen LogP contribution in [-0.2, 0) is 19.1 Å². The van der Waals surface area contributed by atoms with Crippen LogP contribution in [0.15, 0.2) is 0 Å². The lowest BCUT2D eigenvalue weighted by atomic mass is 9.92. The molecule has 0 radical (unpaired) electrons. The fraction of sp³-hybridized carbons (Fsp3) is 0.875. The molecule has 0 spiro atoms. The van der Waals surface area contributed by atoms with Gasteiger partial charge in [0, 0.05) is 5.41 Å². The van der Waals surface area contributed by atoms with Crippen molar-refractivity contribution in [3.8, 4) is 0 Å². The molecule has 1 rings (SSSR count). The van der Waals surface area contributed by atoms with Gasteiger partial charge in [-0.1, -0.05) is 6.92 Å². The molecule has 1 fully saturated rings. The Balaban J connectivity index is 2.56. The van der Waals surface area contributed by atoms with Crippen LogP contribution in [0.5, 0.6) is 0 Å². The highest BCUT2D eigenvalue weighted by molar-refractivity contribution is 7.85. The summed E-state index contributed by atoms with van der Waals surface area (Å²) in [5.74, 6) is -1.45. The van der Waals surface area contributed by atoms with E-state index in [0.29, 0.717) is 0 Å². The average Bonchev–Trinajstić information content (AvgIpc) is 2.79. The van der Waals surface area contributed by atoms with Gasteiger partial charge in [-0.05, 0) is 12.8 Å². The lowest BCUT2D eigenvalue weighted by Gasteiger charge is -2.18. The van der Waals surface area contributed by atoms with Crippen LogP contribution in [-0.4, -0.2) is 32.4 Å². The summed E-state index contributed by atoms with van der Waals surface area (Å²) in [7, 11) is -3.47. The summed E-state index contributed by atoms with van der Waals surface area (Å²) < 4.78 is 26.1. The van der Waals surface area contributed by atoms with Crippen LogP contribution in [0.3, 0.4) is 0 Å². The number of aliphatic carboxylic acids is 1. The molecule has 0 aromatic carbocycles. The first-order valence-electron chi connectivity index (χ1n) is 4.34. The SMILES string of the molecule is CC(C(=O)O)C1(COS(C)(=O)=O)CC1. The van der Waals surface area contributed by atoms with Gasteiger partial charge in [-0.25, -0.2) is 0 Å². The van der Waals surface area contributed by atoms with E-state index in [1.165, 1.54) is 0 Å². The zero-order valence-corrected chi connectivity index (χ0v) is 9.00. The number of carbonyl (C=O) groups is 1. The molecule has 0 bridgehead atoms. The van der Waals surface area contributed by atoms with Gasteiger partial charge in [0.05, 0.1) is 18.8 Å². The van der Waals surface area contributed by atoms with Gasteiger partial charge in [0.15, 0.2) is 0 Å². The zero-order chi connectivity index (χ0) is 11.0. The van der Waals surface area contributed by atoms with Gasteiger partial charge in [0.2, 0.25) is 0 Å². The van der Waals surface area contributed by atoms with E-state index in [9.17, 15) is 13.2 Å². The van der Waals surface area contributed by atoms with E-state index in [-0.39, 0.29) is 6.61 Å². The fourth-order valence-electron chi connectivity index (χ4n) is 1.35. The lowest BCUT2D eigenvalue weighted by Crippen LogP contribution is -2.27. The summed E-state index contributed by atoms with van der Waals surface area (Å²) in [6, 6.07) is 0. The molecule has 5 nitrogen and oxygen atoms in total. The molecule has 0 aromatic heterocycles. The van der Waals surface area contributed by atoms with E-state index >= 15 is 0 Å². The smallest absolute Gasteiger partial charge is 0.306 e. The molecule has 14 heavy (non-hydrogen) atoms. The van der Waals surface area contributed by atoms with Gasteiger partial charge in [0.1, 0.15) is 0 Å². The Morgan fingerprint density at radius 3 is 2.36 bits per heavy atom. The summed E-state index contributed by atoms with van der Waals surface area (Å²) >= 11 is 0. The molecule has 1 N–H and O–H groups in total. The Bertz CT molecular complexity index is 328. The predicted octanol–water partition coefficient (Wildman–Crippen LogP) is 0.464. The van der Waals surface area contributed by atoms with Crippen molar-refractivity contribution in [3.05, 3.63) is 0 Å². The van der Waals surface area contributed by atoms with Crippen molar-refractivity contribution in [3.63, 3.8) is 0 Å². The van der Waals surface area contributed by atoms with E-state index in [4.69, 9.17) is 5.11 Å². The first kappa shape index (κ1) is 11.5. The van der Waals surface area contributed by atoms with Crippen molar-refractivity contribution in [2.24, 2.45) is 11.3 Å². The summed E-state index contributed by atoms with van der Waals surface area (Å²) in [5.41, 5.74) is -0.463. The van der Waals surface area contributed by atoms with E-state index in [1.54, 1.807) is 6.92 Å². The molecule has 0 heterocycles. The van der Waals surface area contributed by atoms with Crippen molar-refractivity contribution in [2.75, 3.05) is 12.9 Å². The molecule has 1 unspecified atom stereocenters.